The minimum atomic E-state index is -1.17. The summed E-state index contributed by atoms with van der Waals surface area (Å²) in [6.45, 7) is 8.68. The van der Waals surface area contributed by atoms with E-state index in [0.29, 0.717) is 25.1 Å². The Hall–Kier alpha value is -2.91. The lowest BCUT2D eigenvalue weighted by Gasteiger charge is -2.27. The van der Waals surface area contributed by atoms with E-state index >= 15 is 0 Å². The molecule has 0 radical (unpaired) electrons. The SMILES string of the molecule is CSCCC(NC(=O)CNC(=O)C(C)NC(=O)C(CC(C)C)NC(=O)C(NC(=O)C(N)CCCCN)C(C)C)C(=O)O. The zero-order valence-corrected chi connectivity index (χ0v) is 26.5. The van der Waals surface area contributed by atoms with Gasteiger partial charge in [-0.1, -0.05) is 34.1 Å². The van der Waals surface area contributed by atoms with Gasteiger partial charge in [0.05, 0.1) is 12.6 Å². The van der Waals surface area contributed by atoms with Gasteiger partial charge in [-0.05, 0) is 63.0 Å². The van der Waals surface area contributed by atoms with Crippen molar-refractivity contribution in [3.8, 4) is 0 Å². The summed E-state index contributed by atoms with van der Waals surface area (Å²) in [5.41, 5.74) is 11.4. The number of carbonyl (C=O) groups excluding carboxylic acids is 5. The van der Waals surface area contributed by atoms with Gasteiger partial charge in [-0.25, -0.2) is 4.79 Å². The average Bonchev–Trinajstić information content (AvgIpc) is 2.91. The van der Waals surface area contributed by atoms with Crippen LogP contribution in [-0.4, -0.2) is 95.9 Å². The van der Waals surface area contributed by atoms with Gasteiger partial charge < -0.3 is 43.2 Å². The maximum atomic E-state index is 13.2. The lowest BCUT2D eigenvalue weighted by Crippen LogP contribution is -2.59. The summed E-state index contributed by atoms with van der Waals surface area (Å²) < 4.78 is 0. The second-order valence-electron chi connectivity index (χ2n) is 11.0. The molecule has 15 heteroatoms. The Morgan fingerprint density at radius 2 is 1.43 bits per heavy atom. The summed E-state index contributed by atoms with van der Waals surface area (Å²) in [5, 5.41) is 21.9. The third-order valence-electron chi connectivity index (χ3n) is 6.31. The molecule has 0 aromatic heterocycles. The van der Waals surface area contributed by atoms with E-state index in [2.05, 4.69) is 26.6 Å². The van der Waals surface area contributed by atoms with Crippen molar-refractivity contribution in [1.82, 2.24) is 26.6 Å². The number of thioether (sulfide) groups is 1. The van der Waals surface area contributed by atoms with Gasteiger partial charge >= 0.3 is 5.97 Å². The molecular weight excluding hydrogens is 566 g/mol. The second kappa shape index (κ2) is 20.9. The summed E-state index contributed by atoms with van der Waals surface area (Å²) in [7, 11) is 0. The molecule has 0 aliphatic rings. The number of hydrogen-bond acceptors (Lipinski definition) is 9. The Bertz CT molecular complexity index is 904. The maximum absolute atomic E-state index is 13.2. The van der Waals surface area contributed by atoms with E-state index in [1.54, 1.807) is 13.8 Å². The largest absolute Gasteiger partial charge is 0.480 e. The number of hydrogen-bond donors (Lipinski definition) is 8. The fourth-order valence-corrected chi connectivity index (χ4v) is 4.31. The van der Waals surface area contributed by atoms with Gasteiger partial charge in [0.25, 0.3) is 0 Å². The van der Waals surface area contributed by atoms with Gasteiger partial charge in [0, 0.05) is 0 Å². The molecular formula is C27H51N7O7S. The molecule has 5 amide bonds. The Labute approximate surface area is 253 Å². The minimum absolute atomic E-state index is 0.00484. The molecule has 14 nitrogen and oxygen atoms in total. The Balaban J connectivity index is 5.20. The van der Waals surface area contributed by atoms with Crippen LogP contribution in [0.5, 0.6) is 0 Å². The molecule has 0 aromatic carbocycles. The van der Waals surface area contributed by atoms with Crippen LogP contribution < -0.4 is 38.1 Å². The highest BCUT2D eigenvalue weighted by Crippen LogP contribution is 2.09. The summed E-state index contributed by atoms with van der Waals surface area (Å²) in [6, 6.07) is -4.88. The predicted molar refractivity (Wildman–Crippen MR) is 162 cm³/mol. The van der Waals surface area contributed by atoms with Crippen LogP contribution in [-0.2, 0) is 28.8 Å². The van der Waals surface area contributed by atoms with Crippen LogP contribution in [0.1, 0.15) is 66.7 Å². The Morgan fingerprint density at radius 1 is 0.786 bits per heavy atom. The molecule has 0 aliphatic carbocycles. The van der Waals surface area contributed by atoms with Gasteiger partial charge in [0.2, 0.25) is 29.5 Å². The van der Waals surface area contributed by atoms with E-state index in [1.807, 2.05) is 20.1 Å². The molecule has 242 valence electrons. The van der Waals surface area contributed by atoms with Crippen LogP contribution in [0.15, 0.2) is 0 Å². The van der Waals surface area contributed by atoms with Crippen molar-refractivity contribution in [3.63, 3.8) is 0 Å². The summed E-state index contributed by atoms with van der Waals surface area (Å²) in [6.07, 6.45) is 4.14. The van der Waals surface area contributed by atoms with Crippen LogP contribution in [0.2, 0.25) is 0 Å². The summed E-state index contributed by atoms with van der Waals surface area (Å²) in [4.78, 5) is 74.9. The zero-order chi connectivity index (χ0) is 32.4. The van der Waals surface area contributed by atoms with Crippen molar-refractivity contribution in [2.45, 2.75) is 96.9 Å². The highest BCUT2D eigenvalue weighted by atomic mass is 32.2. The Morgan fingerprint density at radius 3 is 1.95 bits per heavy atom. The third-order valence-corrected chi connectivity index (χ3v) is 6.96. The monoisotopic (exact) mass is 617 g/mol. The van der Waals surface area contributed by atoms with Gasteiger partial charge in [-0.2, -0.15) is 11.8 Å². The number of carbonyl (C=O) groups is 6. The van der Waals surface area contributed by atoms with Crippen LogP contribution in [0.3, 0.4) is 0 Å². The molecule has 0 saturated heterocycles. The molecule has 0 aromatic rings. The van der Waals surface area contributed by atoms with Crippen molar-refractivity contribution >= 4 is 47.3 Å². The number of nitrogens with one attached hydrogen (secondary N) is 5. The predicted octanol–water partition coefficient (Wildman–Crippen LogP) is -0.942. The van der Waals surface area contributed by atoms with Crippen LogP contribution in [0, 0.1) is 11.8 Å². The first kappa shape index (κ1) is 39.1. The first-order chi connectivity index (χ1) is 19.6. The number of carboxylic acid groups (broad SMARTS) is 1. The summed E-state index contributed by atoms with van der Waals surface area (Å²) in [5.74, 6) is -3.92. The van der Waals surface area contributed by atoms with Crippen LogP contribution >= 0.6 is 11.8 Å². The zero-order valence-electron chi connectivity index (χ0n) is 25.7. The van der Waals surface area contributed by atoms with Gasteiger partial charge in [0.1, 0.15) is 24.2 Å². The standard InChI is InChI=1S/C27H51N7O7S/c1-15(2)13-20(33-26(39)22(16(3)4)34-24(37)18(29)9-7-8-11-28)25(38)31-17(5)23(36)30-14-21(35)32-19(27(40)41)10-12-42-6/h15-20,22H,7-14,28-29H2,1-6H3,(H,30,36)(H,31,38)(H,32,35)(H,33,39)(H,34,37)(H,40,41). The number of rotatable bonds is 21. The molecule has 0 heterocycles. The van der Waals surface area contributed by atoms with E-state index in [0.717, 1.165) is 6.42 Å². The molecule has 0 spiro atoms. The number of aliphatic carboxylic acids is 1. The normalized spacial score (nSPS) is 14.7. The fourth-order valence-electron chi connectivity index (χ4n) is 3.84. The number of nitrogens with two attached hydrogens (primary N) is 2. The lowest BCUT2D eigenvalue weighted by atomic mass is 9.99. The molecule has 0 fully saturated rings. The van der Waals surface area contributed by atoms with Gasteiger partial charge in [0.15, 0.2) is 0 Å². The van der Waals surface area contributed by atoms with E-state index in [-0.39, 0.29) is 24.7 Å². The molecule has 10 N–H and O–H groups in total. The van der Waals surface area contributed by atoms with Crippen molar-refractivity contribution in [2.75, 3.05) is 25.1 Å². The topological polar surface area (TPSA) is 235 Å². The molecule has 0 aliphatic heterocycles. The first-order valence-corrected chi connectivity index (χ1v) is 15.7. The minimum Gasteiger partial charge on any atom is -0.480 e. The van der Waals surface area contributed by atoms with E-state index in [4.69, 9.17) is 11.5 Å². The van der Waals surface area contributed by atoms with Crippen molar-refractivity contribution in [3.05, 3.63) is 0 Å². The molecule has 42 heavy (non-hydrogen) atoms. The van der Waals surface area contributed by atoms with Crippen LogP contribution in [0.25, 0.3) is 0 Å². The number of carboxylic acids is 1. The Kier molecular flexibility index (Phi) is 19.4. The molecule has 0 saturated carbocycles. The molecule has 5 unspecified atom stereocenters. The maximum Gasteiger partial charge on any atom is 0.326 e. The third kappa shape index (κ3) is 15.9. The lowest BCUT2D eigenvalue weighted by molar-refractivity contribution is -0.141. The average molecular weight is 618 g/mol. The number of amides is 5. The second-order valence-corrected chi connectivity index (χ2v) is 12.0. The molecule has 0 bridgehead atoms. The van der Waals surface area contributed by atoms with E-state index in [1.165, 1.54) is 18.7 Å². The van der Waals surface area contributed by atoms with Crippen LogP contribution in [0.4, 0.5) is 0 Å². The highest BCUT2D eigenvalue weighted by Gasteiger charge is 2.31. The van der Waals surface area contributed by atoms with E-state index < -0.39 is 72.3 Å². The molecule has 5 atom stereocenters. The van der Waals surface area contributed by atoms with Gasteiger partial charge in [-0.15, -0.1) is 0 Å². The highest BCUT2D eigenvalue weighted by molar-refractivity contribution is 7.98. The quantitative estimate of drug-likeness (QED) is 0.0736. The molecule has 0 rings (SSSR count). The first-order valence-electron chi connectivity index (χ1n) is 14.3. The van der Waals surface area contributed by atoms with Crippen molar-refractivity contribution in [2.24, 2.45) is 23.3 Å². The fraction of sp³-hybridized carbons (Fsp3) is 0.778. The van der Waals surface area contributed by atoms with E-state index in [9.17, 15) is 33.9 Å². The van der Waals surface area contributed by atoms with Crippen molar-refractivity contribution < 1.29 is 33.9 Å². The van der Waals surface area contributed by atoms with Crippen molar-refractivity contribution in [1.29, 1.82) is 0 Å². The smallest absolute Gasteiger partial charge is 0.326 e. The van der Waals surface area contributed by atoms with Gasteiger partial charge in [-0.3, -0.25) is 24.0 Å². The summed E-state index contributed by atoms with van der Waals surface area (Å²) >= 11 is 1.44. The number of unbranched alkanes of at least 4 members (excludes halogenated alkanes) is 1.